The largest absolute Gasteiger partial charge is 0.493 e. The Morgan fingerprint density at radius 2 is 2.15 bits per heavy atom. The highest BCUT2D eigenvalue weighted by atomic mass is 16.5. The van der Waals surface area contributed by atoms with Crippen molar-refractivity contribution in [3.8, 4) is 17.0 Å². The third kappa shape index (κ3) is 2.58. The summed E-state index contributed by atoms with van der Waals surface area (Å²) in [6, 6.07) is 9.02. The number of H-pyrrole nitrogens is 1. The van der Waals surface area contributed by atoms with Gasteiger partial charge in [0, 0.05) is 13.0 Å². The fourth-order valence-corrected chi connectivity index (χ4v) is 2.49. The maximum atomic E-state index is 12.1. The first-order chi connectivity index (χ1) is 9.74. The Labute approximate surface area is 116 Å². The van der Waals surface area contributed by atoms with E-state index in [1.54, 1.807) is 12.1 Å². The molecule has 0 aliphatic carbocycles. The van der Waals surface area contributed by atoms with Crippen LogP contribution in [0.3, 0.4) is 0 Å². The van der Waals surface area contributed by atoms with Crippen LogP contribution in [0.15, 0.2) is 35.1 Å². The molecule has 1 aliphatic heterocycles. The molecule has 1 atom stereocenters. The van der Waals surface area contributed by atoms with Crippen LogP contribution >= 0.6 is 0 Å². The summed E-state index contributed by atoms with van der Waals surface area (Å²) >= 11 is 0. The lowest BCUT2D eigenvalue weighted by molar-refractivity contribution is 0.109. The number of aromatic amines is 1. The third-order valence-corrected chi connectivity index (χ3v) is 3.46. The minimum absolute atomic E-state index is 0.0834. The lowest BCUT2D eigenvalue weighted by Crippen LogP contribution is -2.18. The average Bonchev–Trinajstić information content (AvgIpc) is 2.92. The Kier molecular flexibility index (Phi) is 3.52. The molecule has 0 bridgehead atoms. The second-order valence-corrected chi connectivity index (χ2v) is 4.92. The molecule has 1 aromatic heterocycles. The van der Waals surface area contributed by atoms with Gasteiger partial charge >= 0.3 is 0 Å². The molecule has 1 fully saturated rings. The van der Waals surface area contributed by atoms with E-state index in [2.05, 4.69) is 9.97 Å². The third-order valence-electron chi connectivity index (χ3n) is 3.46. The van der Waals surface area contributed by atoms with Crippen LogP contribution in [0.4, 0.5) is 0 Å². The molecule has 2 heterocycles. The van der Waals surface area contributed by atoms with E-state index in [1.165, 1.54) is 0 Å². The quantitative estimate of drug-likeness (QED) is 0.894. The van der Waals surface area contributed by atoms with Gasteiger partial charge in [0.25, 0.3) is 5.56 Å². The van der Waals surface area contributed by atoms with Crippen molar-refractivity contribution >= 4 is 0 Å². The second-order valence-electron chi connectivity index (χ2n) is 4.92. The fourth-order valence-electron chi connectivity index (χ4n) is 2.49. The number of aromatic nitrogens is 2. The van der Waals surface area contributed by atoms with Crippen molar-refractivity contribution in [1.82, 2.24) is 9.97 Å². The number of ether oxygens (including phenoxy) is 1. The van der Waals surface area contributed by atoms with E-state index in [1.807, 2.05) is 18.2 Å². The Bertz CT molecular complexity index is 646. The summed E-state index contributed by atoms with van der Waals surface area (Å²) in [6.45, 7) is 0.753. The van der Waals surface area contributed by atoms with Gasteiger partial charge in [0.05, 0.1) is 6.10 Å². The van der Waals surface area contributed by atoms with Crippen LogP contribution in [0.2, 0.25) is 0 Å². The molecule has 0 radical (unpaired) electrons. The van der Waals surface area contributed by atoms with Gasteiger partial charge in [0.1, 0.15) is 11.4 Å². The summed E-state index contributed by atoms with van der Waals surface area (Å²) in [7, 11) is 0. The van der Waals surface area contributed by atoms with Crippen LogP contribution in [0, 0.1) is 0 Å². The van der Waals surface area contributed by atoms with Gasteiger partial charge in [-0.05, 0) is 18.4 Å². The zero-order valence-corrected chi connectivity index (χ0v) is 11.0. The maximum Gasteiger partial charge on any atom is 0.262 e. The molecule has 0 saturated carbocycles. The van der Waals surface area contributed by atoms with Gasteiger partial charge in [-0.25, -0.2) is 0 Å². The molecule has 5 heteroatoms. The van der Waals surface area contributed by atoms with E-state index in [4.69, 9.17) is 4.74 Å². The Hall–Kier alpha value is -2.14. The molecular weight excluding hydrogens is 256 g/mol. The van der Waals surface area contributed by atoms with E-state index in [0.29, 0.717) is 17.8 Å². The lowest BCUT2D eigenvalue weighted by Gasteiger charge is -2.10. The zero-order valence-electron chi connectivity index (χ0n) is 11.0. The normalized spacial score (nSPS) is 18.3. The van der Waals surface area contributed by atoms with Crippen molar-refractivity contribution in [3.05, 3.63) is 46.5 Å². The van der Waals surface area contributed by atoms with Gasteiger partial charge in [0.15, 0.2) is 0 Å². The van der Waals surface area contributed by atoms with E-state index >= 15 is 0 Å². The van der Waals surface area contributed by atoms with Crippen LogP contribution in [0.5, 0.6) is 5.88 Å². The molecule has 0 amide bonds. The SMILES string of the molecule is O=c1[nH]c(CC2CCCO2)nc(O)c1-c1ccccc1. The van der Waals surface area contributed by atoms with Crippen LogP contribution < -0.4 is 5.56 Å². The van der Waals surface area contributed by atoms with Gasteiger partial charge in [-0.2, -0.15) is 4.98 Å². The summed E-state index contributed by atoms with van der Waals surface area (Å²) in [5.41, 5.74) is 0.542. The first-order valence-corrected chi connectivity index (χ1v) is 6.73. The summed E-state index contributed by atoms with van der Waals surface area (Å²) in [5, 5.41) is 10.0. The minimum atomic E-state index is -0.323. The van der Waals surface area contributed by atoms with E-state index in [0.717, 1.165) is 19.4 Å². The van der Waals surface area contributed by atoms with E-state index < -0.39 is 0 Å². The predicted molar refractivity (Wildman–Crippen MR) is 74.6 cm³/mol. The molecule has 20 heavy (non-hydrogen) atoms. The van der Waals surface area contributed by atoms with Gasteiger partial charge < -0.3 is 14.8 Å². The monoisotopic (exact) mass is 272 g/mol. The molecule has 1 aromatic carbocycles. The lowest BCUT2D eigenvalue weighted by atomic mass is 10.1. The van der Waals surface area contributed by atoms with E-state index in [-0.39, 0.29) is 23.1 Å². The van der Waals surface area contributed by atoms with Crippen molar-refractivity contribution in [1.29, 1.82) is 0 Å². The van der Waals surface area contributed by atoms with Crippen molar-refractivity contribution < 1.29 is 9.84 Å². The number of nitrogens with one attached hydrogen (secondary N) is 1. The van der Waals surface area contributed by atoms with Gasteiger partial charge in [0.2, 0.25) is 5.88 Å². The highest BCUT2D eigenvalue weighted by Gasteiger charge is 2.19. The predicted octanol–water partition coefficient (Wildman–Crippen LogP) is 1.86. The first kappa shape index (κ1) is 12.9. The van der Waals surface area contributed by atoms with Crippen LogP contribution in [-0.4, -0.2) is 27.8 Å². The number of hydrogen-bond acceptors (Lipinski definition) is 4. The van der Waals surface area contributed by atoms with Crippen molar-refractivity contribution in [3.63, 3.8) is 0 Å². The van der Waals surface area contributed by atoms with Gasteiger partial charge in [-0.1, -0.05) is 30.3 Å². The van der Waals surface area contributed by atoms with Gasteiger partial charge in [-0.15, -0.1) is 0 Å². The molecular formula is C15H16N2O3. The van der Waals surface area contributed by atoms with Crippen molar-refractivity contribution in [2.24, 2.45) is 0 Å². The highest BCUT2D eigenvalue weighted by Crippen LogP contribution is 2.23. The highest BCUT2D eigenvalue weighted by molar-refractivity contribution is 5.66. The topological polar surface area (TPSA) is 75.2 Å². The molecule has 104 valence electrons. The molecule has 2 aromatic rings. The summed E-state index contributed by atoms with van der Waals surface area (Å²) in [5.74, 6) is 0.243. The molecule has 1 aliphatic rings. The number of nitrogens with zero attached hydrogens (tertiary/aromatic N) is 1. The second kappa shape index (κ2) is 5.46. The number of rotatable bonds is 3. The Morgan fingerprint density at radius 1 is 1.35 bits per heavy atom. The number of aromatic hydroxyl groups is 1. The van der Waals surface area contributed by atoms with Crippen molar-refractivity contribution in [2.45, 2.75) is 25.4 Å². The summed E-state index contributed by atoms with van der Waals surface area (Å²) < 4.78 is 5.51. The smallest absolute Gasteiger partial charge is 0.262 e. The zero-order chi connectivity index (χ0) is 13.9. The molecule has 1 unspecified atom stereocenters. The van der Waals surface area contributed by atoms with Crippen LogP contribution in [0.25, 0.3) is 11.1 Å². The fraction of sp³-hybridized carbons (Fsp3) is 0.333. The number of hydrogen-bond donors (Lipinski definition) is 2. The van der Waals surface area contributed by atoms with Crippen molar-refractivity contribution in [2.75, 3.05) is 6.61 Å². The van der Waals surface area contributed by atoms with Gasteiger partial charge in [-0.3, -0.25) is 4.79 Å². The van der Waals surface area contributed by atoms with E-state index in [9.17, 15) is 9.90 Å². The standard InChI is InChI=1S/C15H16N2O3/c18-14-13(10-5-2-1-3-6-10)15(19)17-12(16-14)9-11-7-4-8-20-11/h1-3,5-6,11H,4,7-9H2,(H2,16,17,18,19). The summed E-state index contributed by atoms with van der Waals surface area (Å²) in [4.78, 5) is 19.0. The van der Waals surface area contributed by atoms with Crippen LogP contribution in [0.1, 0.15) is 18.7 Å². The summed E-state index contributed by atoms with van der Waals surface area (Å²) in [6.07, 6.45) is 2.60. The minimum Gasteiger partial charge on any atom is -0.493 e. The molecule has 1 saturated heterocycles. The molecule has 3 rings (SSSR count). The Morgan fingerprint density at radius 3 is 2.80 bits per heavy atom. The van der Waals surface area contributed by atoms with Crippen LogP contribution in [-0.2, 0) is 11.2 Å². The maximum absolute atomic E-state index is 12.1. The number of benzene rings is 1. The molecule has 5 nitrogen and oxygen atoms in total. The Balaban J connectivity index is 1.92. The molecule has 2 N–H and O–H groups in total. The average molecular weight is 272 g/mol. The first-order valence-electron chi connectivity index (χ1n) is 6.73. The molecule has 0 spiro atoms.